The molecule has 7 nitrogen and oxygen atoms in total. The molecule has 0 fully saturated rings. The highest BCUT2D eigenvalue weighted by Crippen LogP contribution is 2.23. The summed E-state index contributed by atoms with van der Waals surface area (Å²) in [6.45, 7) is 0. The number of hydrogen-bond donors (Lipinski definition) is 1. The van der Waals surface area contributed by atoms with Crippen molar-refractivity contribution in [1.82, 2.24) is 0 Å². The lowest BCUT2D eigenvalue weighted by Crippen LogP contribution is -2.12. The van der Waals surface area contributed by atoms with Crippen LogP contribution in [0.2, 0.25) is 5.02 Å². The molecule has 0 aliphatic heterocycles. The number of nitro benzene ring substituents is 1. The summed E-state index contributed by atoms with van der Waals surface area (Å²) in [6, 6.07) is 16.9. The van der Waals surface area contributed by atoms with E-state index in [2.05, 4.69) is 32.3 Å². The Hall–Kier alpha value is -2.50. The third kappa shape index (κ3) is 5.52. The molecule has 0 bridgehead atoms. The Labute approximate surface area is 185 Å². The first kappa shape index (κ1) is 21.2. The average Bonchev–Trinajstić information content (AvgIpc) is 2.69. The van der Waals surface area contributed by atoms with Crippen LogP contribution in [-0.2, 0) is 10.0 Å². The fourth-order valence-electron chi connectivity index (χ4n) is 2.33. The Balaban J connectivity index is 1.78. The monoisotopic (exact) mass is 541 g/mol. The summed E-state index contributed by atoms with van der Waals surface area (Å²) in [6.07, 6.45) is 1.39. The van der Waals surface area contributed by atoms with Gasteiger partial charge in [-0.15, -0.1) is 0 Å². The van der Waals surface area contributed by atoms with E-state index < -0.39 is 14.9 Å². The average molecular weight is 542 g/mol. The molecule has 0 saturated carbocycles. The van der Waals surface area contributed by atoms with Crippen LogP contribution >= 0.6 is 34.2 Å². The van der Waals surface area contributed by atoms with E-state index in [1.807, 2.05) is 0 Å². The molecule has 0 aliphatic carbocycles. The number of benzene rings is 3. The Morgan fingerprint density at radius 3 is 2.31 bits per heavy atom. The fraction of sp³-hybridized carbons (Fsp3) is 0. The molecule has 0 amide bonds. The van der Waals surface area contributed by atoms with Gasteiger partial charge in [0.15, 0.2) is 0 Å². The largest absolute Gasteiger partial charge is 0.280 e. The number of nitro groups is 1. The number of nitrogens with zero attached hydrogens (tertiary/aromatic N) is 2. The molecule has 0 heterocycles. The predicted octanol–water partition coefficient (Wildman–Crippen LogP) is 5.40. The Kier molecular flexibility index (Phi) is 6.50. The van der Waals surface area contributed by atoms with Crippen molar-refractivity contribution < 1.29 is 13.3 Å². The fourth-order valence-corrected chi connectivity index (χ4v) is 3.92. The minimum absolute atomic E-state index is 0.0865. The smallest absolute Gasteiger partial charge is 0.270 e. The highest BCUT2D eigenvalue weighted by molar-refractivity contribution is 14.1. The first-order valence-corrected chi connectivity index (χ1v) is 11.0. The van der Waals surface area contributed by atoms with Gasteiger partial charge in [0.1, 0.15) is 0 Å². The quantitative estimate of drug-likeness (QED) is 0.195. The minimum Gasteiger partial charge on any atom is -0.280 e. The summed E-state index contributed by atoms with van der Waals surface area (Å²) in [5.41, 5.74) is 1.23. The number of rotatable bonds is 6. The van der Waals surface area contributed by atoms with E-state index >= 15 is 0 Å². The second-order valence-corrected chi connectivity index (χ2v) is 9.16. The van der Waals surface area contributed by atoms with Crippen LogP contribution < -0.4 is 4.72 Å². The van der Waals surface area contributed by atoms with Crippen molar-refractivity contribution in [1.29, 1.82) is 0 Å². The van der Waals surface area contributed by atoms with Crippen LogP contribution in [0.4, 0.5) is 17.1 Å². The van der Waals surface area contributed by atoms with E-state index in [0.29, 0.717) is 22.0 Å². The molecule has 0 saturated heterocycles. The van der Waals surface area contributed by atoms with Crippen molar-refractivity contribution >= 4 is 67.5 Å². The van der Waals surface area contributed by atoms with Crippen molar-refractivity contribution in [2.75, 3.05) is 4.72 Å². The van der Waals surface area contributed by atoms with Gasteiger partial charge < -0.3 is 0 Å². The molecule has 0 radical (unpaired) electrons. The zero-order valence-electron chi connectivity index (χ0n) is 14.6. The van der Waals surface area contributed by atoms with E-state index in [4.69, 9.17) is 11.6 Å². The molecule has 0 unspecified atom stereocenters. The van der Waals surface area contributed by atoms with Gasteiger partial charge in [-0.1, -0.05) is 11.6 Å². The first-order chi connectivity index (χ1) is 13.7. The molecule has 1 N–H and O–H groups in total. The number of halogens is 2. The van der Waals surface area contributed by atoms with Gasteiger partial charge in [0.2, 0.25) is 0 Å². The van der Waals surface area contributed by atoms with E-state index in [1.54, 1.807) is 24.3 Å². The van der Waals surface area contributed by atoms with Crippen LogP contribution in [0.15, 0.2) is 76.6 Å². The van der Waals surface area contributed by atoms with Crippen LogP contribution in [-0.4, -0.2) is 19.6 Å². The summed E-state index contributed by atoms with van der Waals surface area (Å²) in [7, 11) is -3.73. The van der Waals surface area contributed by atoms with E-state index in [0.717, 1.165) is 3.57 Å². The molecule has 10 heteroatoms. The molecule has 0 aliphatic rings. The van der Waals surface area contributed by atoms with Crippen LogP contribution in [0.5, 0.6) is 0 Å². The Bertz CT molecular complexity index is 1180. The van der Waals surface area contributed by atoms with Crippen molar-refractivity contribution in [2.24, 2.45) is 4.99 Å². The molecule has 29 heavy (non-hydrogen) atoms. The second kappa shape index (κ2) is 8.89. The van der Waals surface area contributed by atoms with Gasteiger partial charge in [0, 0.05) is 38.2 Å². The topological polar surface area (TPSA) is 102 Å². The molecular weight excluding hydrogens is 529 g/mol. The summed E-state index contributed by atoms with van der Waals surface area (Å²) in [5.74, 6) is 0. The predicted molar refractivity (Wildman–Crippen MR) is 122 cm³/mol. The van der Waals surface area contributed by atoms with Gasteiger partial charge in [-0.25, -0.2) is 8.42 Å². The third-order valence-corrected chi connectivity index (χ3v) is 6.25. The summed E-state index contributed by atoms with van der Waals surface area (Å²) in [4.78, 5) is 14.6. The maximum atomic E-state index is 12.5. The molecule has 0 atom stereocenters. The summed E-state index contributed by atoms with van der Waals surface area (Å²) >= 11 is 8.17. The van der Waals surface area contributed by atoms with Crippen molar-refractivity contribution in [3.8, 4) is 0 Å². The van der Waals surface area contributed by atoms with Crippen molar-refractivity contribution in [3.63, 3.8) is 0 Å². The SMILES string of the molecule is O=[N+]([O-])c1ccc(Cl)c(C=Nc2ccc(S(=O)(=O)Nc3ccc(I)cc3)cc2)c1. The van der Waals surface area contributed by atoms with Gasteiger partial charge in [0.05, 0.1) is 15.5 Å². The second-order valence-electron chi connectivity index (χ2n) is 5.83. The van der Waals surface area contributed by atoms with E-state index in [1.165, 1.54) is 48.7 Å². The third-order valence-electron chi connectivity index (χ3n) is 3.79. The van der Waals surface area contributed by atoms with Crippen molar-refractivity contribution in [2.45, 2.75) is 4.90 Å². The standard InChI is InChI=1S/C19H13ClIN3O4S/c20-19-10-7-17(24(25)26)11-13(19)12-22-15-5-8-18(9-6-15)29(27,28)23-16-3-1-14(21)2-4-16/h1-12,23H. The molecule has 3 rings (SSSR count). The molecular formula is C19H13ClIN3O4S. The number of hydrogen-bond acceptors (Lipinski definition) is 5. The van der Waals surface area contributed by atoms with Gasteiger partial charge >= 0.3 is 0 Å². The molecule has 3 aromatic carbocycles. The van der Waals surface area contributed by atoms with Gasteiger partial charge in [-0.3, -0.25) is 19.8 Å². The van der Waals surface area contributed by atoms with Crippen LogP contribution in [0.1, 0.15) is 5.56 Å². The normalized spacial score (nSPS) is 11.5. The highest BCUT2D eigenvalue weighted by atomic mass is 127. The summed E-state index contributed by atoms with van der Waals surface area (Å²) < 4.78 is 28.5. The molecule has 3 aromatic rings. The number of aliphatic imine (C=N–C) groups is 1. The minimum atomic E-state index is -3.73. The summed E-state index contributed by atoms with van der Waals surface area (Å²) in [5, 5.41) is 11.2. The molecule has 0 aromatic heterocycles. The number of nitrogens with one attached hydrogen (secondary N) is 1. The molecule has 148 valence electrons. The maximum Gasteiger partial charge on any atom is 0.270 e. The highest BCUT2D eigenvalue weighted by Gasteiger charge is 2.14. The number of anilines is 1. The van der Waals surface area contributed by atoms with Gasteiger partial charge in [-0.2, -0.15) is 0 Å². The Morgan fingerprint density at radius 2 is 1.69 bits per heavy atom. The maximum absolute atomic E-state index is 12.5. The lowest BCUT2D eigenvalue weighted by Gasteiger charge is -2.08. The number of non-ortho nitro benzene ring substituents is 1. The number of sulfonamides is 1. The first-order valence-electron chi connectivity index (χ1n) is 8.11. The zero-order valence-corrected chi connectivity index (χ0v) is 18.3. The van der Waals surface area contributed by atoms with E-state index in [-0.39, 0.29) is 10.6 Å². The zero-order chi connectivity index (χ0) is 21.0. The van der Waals surface area contributed by atoms with Crippen LogP contribution in [0.25, 0.3) is 0 Å². The van der Waals surface area contributed by atoms with Gasteiger partial charge in [-0.05, 0) is 77.2 Å². The molecule has 0 spiro atoms. The van der Waals surface area contributed by atoms with Crippen LogP contribution in [0, 0.1) is 13.7 Å². The van der Waals surface area contributed by atoms with E-state index in [9.17, 15) is 18.5 Å². The van der Waals surface area contributed by atoms with Crippen molar-refractivity contribution in [3.05, 3.63) is 91.0 Å². The Morgan fingerprint density at radius 1 is 1.03 bits per heavy atom. The van der Waals surface area contributed by atoms with Gasteiger partial charge in [0.25, 0.3) is 15.7 Å². The lowest BCUT2D eigenvalue weighted by molar-refractivity contribution is -0.384. The lowest BCUT2D eigenvalue weighted by atomic mass is 10.2. The van der Waals surface area contributed by atoms with Crippen LogP contribution in [0.3, 0.4) is 0 Å².